The third-order valence-electron chi connectivity index (χ3n) is 4.90. The van der Waals surface area contributed by atoms with Crippen molar-refractivity contribution in [3.63, 3.8) is 0 Å². The maximum atomic E-state index is 12.7. The third kappa shape index (κ3) is 4.09. The molecule has 3 aromatic carbocycles. The standard InChI is InChI=1S/C24H21N3O2/c1-17-12-14-18(15-13-17)16-27-22(19-8-4-2-5-9-19)21(24(29)26-27)25-23(28)20-10-6-3-7-11-20/h2-16,21-22H,1H3,(H-,25,26,28,29)/b27-16-/t21-,22-/m1/s1. The van der Waals surface area contributed by atoms with Crippen LogP contribution < -0.4 is 10.4 Å². The molecule has 0 aromatic heterocycles. The molecule has 1 amide bonds. The molecule has 5 nitrogen and oxygen atoms in total. The zero-order valence-corrected chi connectivity index (χ0v) is 16.0. The van der Waals surface area contributed by atoms with Gasteiger partial charge in [-0.25, -0.2) is 0 Å². The van der Waals surface area contributed by atoms with E-state index in [4.69, 9.17) is 0 Å². The van der Waals surface area contributed by atoms with Gasteiger partial charge in [0.2, 0.25) is 12.3 Å². The number of carbonyl (C=O) groups is 1. The first kappa shape index (κ1) is 18.6. The van der Waals surface area contributed by atoms with Crippen LogP contribution in [0.15, 0.2) is 90.0 Å². The number of hydrazone groups is 1. The summed E-state index contributed by atoms with van der Waals surface area (Å²) in [6, 6.07) is 25.3. The second kappa shape index (κ2) is 8.10. The van der Waals surface area contributed by atoms with E-state index in [1.807, 2.05) is 73.8 Å². The van der Waals surface area contributed by atoms with E-state index < -0.39 is 12.1 Å². The summed E-state index contributed by atoms with van der Waals surface area (Å²) < 4.78 is 1.65. The Morgan fingerprint density at radius 1 is 0.966 bits per heavy atom. The lowest BCUT2D eigenvalue weighted by Crippen LogP contribution is -2.47. The van der Waals surface area contributed by atoms with Gasteiger partial charge in [-0.1, -0.05) is 70.9 Å². The fourth-order valence-electron chi connectivity index (χ4n) is 3.39. The average Bonchev–Trinajstić information content (AvgIpc) is 3.05. The molecule has 0 bridgehead atoms. The van der Waals surface area contributed by atoms with Crippen molar-refractivity contribution in [3.8, 4) is 0 Å². The van der Waals surface area contributed by atoms with E-state index in [1.54, 1.807) is 28.9 Å². The zero-order chi connectivity index (χ0) is 20.2. The van der Waals surface area contributed by atoms with Gasteiger partial charge in [-0.15, -0.1) is 0 Å². The number of aryl methyl sites for hydroxylation is 1. The molecule has 1 heterocycles. The van der Waals surface area contributed by atoms with Crippen molar-refractivity contribution in [1.29, 1.82) is 0 Å². The Morgan fingerprint density at radius 2 is 1.59 bits per heavy atom. The summed E-state index contributed by atoms with van der Waals surface area (Å²) in [5.74, 6) is -0.663. The van der Waals surface area contributed by atoms with E-state index in [-0.39, 0.29) is 11.8 Å². The maximum Gasteiger partial charge on any atom is 0.252 e. The van der Waals surface area contributed by atoms with Gasteiger partial charge in [0.05, 0.1) is 5.90 Å². The van der Waals surface area contributed by atoms with Gasteiger partial charge in [0.25, 0.3) is 5.91 Å². The minimum Gasteiger partial charge on any atom is -0.856 e. The fourth-order valence-corrected chi connectivity index (χ4v) is 3.39. The first-order chi connectivity index (χ1) is 14.1. The molecule has 0 unspecified atom stereocenters. The Labute approximate surface area is 169 Å². The fraction of sp³-hybridized carbons (Fsp3) is 0.125. The molecule has 0 fully saturated rings. The zero-order valence-electron chi connectivity index (χ0n) is 16.0. The van der Waals surface area contributed by atoms with Crippen LogP contribution in [0.2, 0.25) is 0 Å². The molecule has 29 heavy (non-hydrogen) atoms. The van der Waals surface area contributed by atoms with Crippen molar-refractivity contribution >= 4 is 18.0 Å². The SMILES string of the molecule is Cc1ccc(/C=[N+]2\N=C([O-])[C@H](NC(=O)c3ccccc3)[C@H]2c2ccccc2)cc1. The molecular weight excluding hydrogens is 362 g/mol. The first-order valence-electron chi connectivity index (χ1n) is 9.48. The van der Waals surface area contributed by atoms with Gasteiger partial charge in [-0.05, 0) is 36.3 Å². The lowest BCUT2D eigenvalue weighted by atomic mass is 9.99. The predicted octanol–water partition coefficient (Wildman–Crippen LogP) is 2.65. The predicted molar refractivity (Wildman–Crippen MR) is 111 cm³/mol. The Balaban J connectivity index is 1.69. The molecule has 1 aliphatic heterocycles. The van der Waals surface area contributed by atoms with Crippen molar-refractivity contribution in [2.45, 2.75) is 19.0 Å². The van der Waals surface area contributed by atoms with Crippen molar-refractivity contribution in [2.75, 3.05) is 0 Å². The summed E-state index contributed by atoms with van der Waals surface area (Å²) in [7, 11) is 0. The molecule has 0 radical (unpaired) electrons. The highest BCUT2D eigenvalue weighted by Crippen LogP contribution is 2.26. The second-order valence-corrected chi connectivity index (χ2v) is 7.03. The molecule has 3 aromatic rings. The van der Waals surface area contributed by atoms with Crippen molar-refractivity contribution in [2.24, 2.45) is 5.10 Å². The van der Waals surface area contributed by atoms with E-state index in [1.165, 1.54) is 0 Å². The van der Waals surface area contributed by atoms with Gasteiger partial charge >= 0.3 is 0 Å². The number of hydrogen-bond acceptors (Lipinski definition) is 3. The highest BCUT2D eigenvalue weighted by atomic mass is 16.3. The van der Waals surface area contributed by atoms with Gasteiger partial charge in [-0.3, -0.25) is 4.79 Å². The van der Waals surface area contributed by atoms with Crippen LogP contribution in [0.5, 0.6) is 0 Å². The van der Waals surface area contributed by atoms with Gasteiger partial charge in [0, 0.05) is 16.7 Å². The average molecular weight is 383 g/mol. The lowest BCUT2D eigenvalue weighted by molar-refractivity contribution is -0.565. The van der Waals surface area contributed by atoms with Crippen LogP contribution in [-0.2, 0) is 0 Å². The minimum absolute atomic E-state index is 0.294. The van der Waals surface area contributed by atoms with Crippen LogP contribution in [-0.4, -0.2) is 28.7 Å². The van der Waals surface area contributed by atoms with Gasteiger partial charge < -0.3 is 10.4 Å². The second-order valence-electron chi connectivity index (χ2n) is 7.03. The minimum atomic E-state index is -0.771. The Kier molecular flexibility index (Phi) is 5.20. The summed E-state index contributed by atoms with van der Waals surface area (Å²) >= 11 is 0. The maximum absolute atomic E-state index is 12.7. The molecule has 1 N–H and O–H groups in total. The summed E-state index contributed by atoms with van der Waals surface area (Å²) in [6.07, 6.45) is 1.84. The third-order valence-corrected chi connectivity index (χ3v) is 4.90. The summed E-state index contributed by atoms with van der Waals surface area (Å²) in [6.45, 7) is 2.02. The normalized spacial score (nSPS) is 19.8. The number of nitrogens with one attached hydrogen (secondary N) is 1. The van der Waals surface area contributed by atoms with Crippen molar-refractivity contribution in [1.82, 2.24) is 5.32 Å². The molecule has 144 valence electrons. The number of rotatable bonds is 4. The quantitative estimate of drug-likeness (QED) is 0.704. The topological polar surface area (TPSA) is 67.5 Å². The number of carbonyl (C=O) groups excluding carboxylic acids is 1. The Bertz CT molecular complexity index is 1060. The van der Waals surface area contributed by atoms with Crippen LogP contribution >= 0.6 is 0 Å². The van der Waals surface area contributed by atoms with E-state index in [0.29, 0.717) is 5.56 Å². The highest BCUT2D eigenvalue weighted by Gasteiger charge is 2.41. The van der Waals surface area contributed by atoms with E-state index in [0.717, 1.165) is 16.7 Å². The monoisotopic (exact) mass is 383 g/mol. The largest absolute Gasteiger partial charge is 0.856 e. The smallest absolute Gasteiger partial charge is 0.252 e. The van der Waals surface area contributed by atoms with Crippen LogP contribution in [0.25, 0.3) is 0 Å². The summed E-state index contributed by atoms with van der Waals surface area (Å²) in [4.78, 5) is 12.7. The first-order valence-corrected chi connectivity index (χ1v) is 9.48. The van der Waals surface area contributed by atoms with E-state index >= 15 is 0 Å². The summed E-state index contributed by atoms with van der Waals surface area (Å²) in [5.41, 5.74) is 3.50. The lowest BCUT2D eigenvalue weighted by Gasteiger charge is -2.20. The molecular formula is C24H21N3O2. The molecule has 1 aliphatic rings. The van der Waals surface area contributed by atoms with E-state index in [9.17, 15) is 9.90 Å². The van der Waals surface area contributed by atoms with E-state index in [2.05, 4.69) is 10.4 Å². The molecule has 0 aliphatic carbocycles. The summed E-state index contributed by atoms with van der Waals surface area (Å²) in [5, 5.41) is 19.8. The number of nitrogens with zero attached hydrogens (tertiary/aromatic N) is 2. The Morgan fingerprint density at radius 3 is 2.24 bits per heavy atom. The van der Waals surface area contributed by atoms with Gasteiger partial charge in [-0.2, -0.15) is 0 Å². The molecule has 4 rings (SSSR count). The highest BCUT2D eigenvalue weighted by molar-refractivity contribution is 5.97. The molecule has 5 heteroatoms. The number of hydrogen-bond donors (Lipinski definition) is 1. The van der Waals surface area contributed by atoms with Crippen molar-refractivity contribution in [3.05, 3.63) is 107 Å². The van der Waals surface area contributed by atoms with Gasteiger partial charge in [0.1, 0.15) is 6.04 Å². The molecule has 0 spiro atoms. The van der Waals surface area contributed by atoms with Crippen LogP contribution in [0.1, 0.15) is 33.1 Å². The van der Waals surface area contributed by atoms with Crippen LogP contribution in [0.3, 0.4) is 0 Å². The van der Waals surface area contributed by atoms with Gasteiger partial charge in [0.15, 0.2) is 0 Å². The Hall–Kier alpha value is -3.73. The van der Waals surface area contributed by atoms with Crippen LogP contribution in [0, 0.1) is 6.92 Å². The number of amides is 1. The van der Waals surface area contributed by atoms with Crippen LogP contribution in [0.4, 0.5) is 0 Å². The molecule has 2 atom stereocenters. The molecule has 0 saturated carbocycles. The van der Waals surface area contributed by atoms with Crippen molar-refractivity contribution < 1.29 is 14.6 Å². The molecule has 0 saturated heterocycles. The number of benzene rings is 3.